The van der Waals surface area contributed by atoms with Crippen molar-refractivity contribution in [1.82, 2.24) is 0 Å². The van der Waals surface area contributed by atoms with Crippen molar-refractivity contribution in [2.24, 2.45) is 0 Å². The predicted octanol–water partition coefficient (Wildman–Crippen LogP) is 12.1. The Balaban J connectivity index is 1.27. The van der Waals surface area contributed by atoms with Crippen LogP contribution in [0.25, 0.3) is 93.8 Å². The fraction of sp³-hybridized carbons (Fsp3) is 0.0476. The summed E-state index contributed by atoms with van der Waals surface area (Å²) in [4.78, 5) is 0. The van der Waals surface area contributed by atoms with E-state index in [-0.39, 0.29) is 0 Å². The minimum Gasteiger partial charge on any atom is -0.452 e. The van der Waals surface area contributed by atoms with Crippen LogP contribution in [0.5, 0.6) is 0 Å². The molecule has 0 N–H and O–H groups in total. The van der Waals surface area contributed by atoms with Gasteiger partial charge >= 0.3 is 0 Å². The summed E-state index contributed by atoms with van der Waals surface area (Å²) in [6, 6.07) is 43.6. The van der Waals surface area contributed by atoms with Gasteiger partial charge in [0.15, 0.2) is 11.2 Å². The molecule has 0 saturated carbocycles. The van der Waals surface area contributed by atoms with Gasteiger partial charge in [-0.2, -0.15) is 0 Å². The molecule has 2 nitrogen and oxygen atoms in total. The molecule has 2 heteroatoms. The lowest BCUT2D eigenvalue weighted by Gasteiger charge is -2.24. The molecule has 0 aliphatic heterocycles. The van der Waals surface area contributed by atoms with Crippen LogP contribution in [0.1, 0.15) is 17.5 Å². The summed E-state index contributed by atoms with van der Waals surface area (Å²) in [6.45, 7) is 0. The van der Waals surface area contributed by atoms with Gasteiger partial charge in [0.1, 0.15) is 11.2 Å². The molecule has 2 aromatic heterocycles. The second kappa shape index (κ2) is 8.95. The van der Waals surface area contributed by atoms with Gasteiger partial charge in [-0.15, -0.1) is 0 Å². The summed E-state index contributed by atoms with van der Waals surface area (Å²) >= 11 is 0. The zero-order chi connectivity index (χ0) is 28.8. The average molecular weight is 563 g/mol. The van der Waals surface area contributed by atoms with Crippen LogP contribution in [0, 0.1) is 0 Å². The van der Waals surface area contributed by atoms with E-state index in [4.69, 9.17) is 8.83 Å². The molecule has 2 heterocycles. The predicted molar refractivity (Wildman–Crippen MR) is 184 cm³/mol. The monoisotopic (exact) mass is 562 g/mol. The molecule has 7 aromatic carbocycles. The van der Waals surface area contributed by atoms with E-state index in [1.165, 1.54) is 54.9 Å². The van der Waals surface area contributed by atoms with Gasteiger partial charge in [-0.05, 0) is 98.1 Å². The molecular formula is C42H26O2. The maximum atomic E-state index is 6.50. The third kappa shape index (κ3) is 3.25. The molecule has 1 aliphatic carbocycles. The SMILES string of the molecule is C1=Cc2c(c(-c3cccc4ccccc34)c3ccccc3c2-c2ccc3oc4c(ccc5c6ccccc6oc54)c3c2)CC1. The summed E-state index contributed by atoms with van der Waals surface area (Å²) in [6.07, 6.45) is 6.74. The maximum Gasteiger partial charge on any atom is 0.178 e. The van der Waals surface area contributed by atoms with Crippen LogP contribution in [0.3, 0.4) is 0 Å². The van der Waals surface area contributed by atoms with Crippen molar-refractivity contribution in [2.45, 2.75) is 12.8 Å². The fourth-order valence-corrected chi connectivity index (χ4v) is 7.62. The number of hydrogen-bond donors (Lipinski definition) is 0. The number of furan rings is 2. The van der Waals surface area contributed by atoms with E-state index < -0.39 is 0 Å². The van der Waals surface area contributed by atoms with Crippen LogP contribution in [-0.4, -0.2) is 0 Å². The molecule has 0 bridgehead atoms. The first-order valence-corrected chi connectivity index (χ1v) is 15.3. The normalized spacial score (nSPS) is 13.2. The maximum absolute atomic E-state index is 6.50. The molecular weight excluding hydrogens is 536 g/mol. The number of fused-ring (bicyclic) bond motifs is 10. The largest absolute Gasteiger partial charge is 0.452 e. The van der Waals surface area contributed by atoms with Crippen LogP contribution < -0.4 is 0 Å². The lowest BCUT2D eigenvalue weighted by molar-refractivity contribution is 0.633. The number of allylic oxidation sites excluding steroid dienone is 1. The minimum atomic E-state index is 0.809. The van der Waals surface area contributed by atoms with Crippen molar-refractivity contribution in [1.29, 1.82) is 0 Å². The molecule has 9 aromatic rings. The van der Waals surface area contributed by atoms with Gasteiger partial charge in [-0.1, -0.05) is 103 Å². The topological polar surface area (TPSA) is 26.3 Å². The Morgan fingerprint density at radius 3 is 1.98 bits per heavy atom. The highest BCUT2D eigenvalue weighted by Gasteiger charge is 2.23. The van der Waals surface area contributed by atoms with Crippen LogP contribution in [0.4, 0.5) is 0 Å². The summed E-state index contributed by atoms with van der Waals surface area (Å²) in [5.74, 6) is 0. The van der Waals surface area contributed by atoms with Crippen molar-refractivity contribution in [3.63, 3.8) is 0 Å². The third-order valence-electron chi connectivity index (χ3n) is 9.54. The number of rotatable bonds is 2. The Hall–Kier alpha value is -5.60. The van der Waals surface area contributed by atoms with E-state index in [2.05, 4.69) is 121 Å². The third-order valence-corrected chi connectivity index (χ3v) is 9.54. The number of benzene rings is 7. The van der Waals surface area contributed by atoms with E-state index >= 15 is 0 Å². The van der Waals surface area contributed by atoms with Crippen LogP contribution in [0.15, 0.2) is 136 Å². The molecule has 0 fully saturated rings. The van der Waals surface area contributed by atoms with E-state index in [1.807, 2.05) is 12.1 Å². The van der Waals surface area contributed by atoms with Crippen LogP contribution in [-0.2, 0) is 6.42 Å². The smallest absolute Gasteiger partial charge is 0.178 e. The van der Waals surface area contributed by atoms with Gasteiger partial charge in [-0.25, -0.2) is 0 Å². The lowest BCUT2D eigenvalue weighted by atomic mass is 9.79. The molecule has 0 spiro atoms. The number of hydrogen-bond acceptors (Lipinski definition) is 2. The standard InChI is InChI=1S/C42H26O2/c1-2-12-27-25(10-1)11-9-18-29(27)40-32-16-5-3-14-30(32)39(31-15-4-6-17-33(31)40)26-20-23-38-36(24-26)35-22-21-34-28-13-7-8-19-37(28)43-41(34)42(35)44-38/h1-5,7-16,18-24H,6,17H2. The average Bonchev–Trinajstić information content (AvgIpc) is 3.65. The molecule has 206 valence electrons. The van der Waals surface area contributed by atoms with E-state index in [0.29, 0.717) is 0 Å². The molecule has 1 aliphatic rings. The molecule has 10 rings (SSSR count). The van der Waals surface area contributed by atoms with E-state index in [1.54, 1.807) is 0 Å². The van der Waals surface area contributed by atoms with Crippen molar-refractivity contribution < 1.29 is 8.83 Å². The Morgan fingerprint density at radius 2 is 1.14 bits per heavy atom. The first-order valence-electron chi connectivity index (χ1n) is 15.3. The van der Waals surface area contributed by atoms with E-state index in [9.17, 15) is 0 Å². The summed E-state index contributed by atoms with van der Waals surface area (Å²) < 4.78 is 12.8. The molecule has 0 unspecified atom stereocenters. The van der Waals surface area contributed by atoms with Crippen LogP contribution >= 0.6 is 0 Å². The van der Waals surface area contributed by atoms with Gasteiger partial charge < -0.3 is 8.83 Å². The molecule has 0 radical (unpaired) electrons. The Bertz CT molecular complexity index is 2660. The first-order chi connectivity index (χ1) is 21.8. The van der Waals surface area contributed by atoms with E-state index in [0.717, 1.165) is 56.7 Å². The van der Waals surface area contributed by atoms with Gasteiger partial charge in [0.2, 0.25) is 0 Å². The second-order valence-corrected chi connectivity index (χ2v) is 11.9. The molecule has 0 saturated heterocycles. The zero-order valence-electron chi connectivity index (χ0n) is 23.9. The van der Waals surface area contributed by atoms with Crippen molar-refractivity contribution >= 4 is 71.5 Å². The van der Waals surface area contributed by atoms with Crippen molar-refractivity contribution in [2.75, 3.05) is 0 Å². The fourth-order valence-electron chi connectivity index (χ4n) is 7.62. The summed E-state index contributed by atoms with van der Waals surface area (Å²) in [5.41, 5.74) is 11.3. The first kappa shape index (κ1) is 23.9. The minimum absolute atomic E-state index is 0.809. The molecule has 0 atom stereocenters. The highest BCUT2D eigenvalue weighted by atomic mass is 16.4. The lowest BCUT2D eigenvalue weighted by Crippen LogP contribution is -2.02. The van der Waals surface area contributed by atoms with Gasteiger partial charge in [0, 0.05) is 21.5 Å². The summed E-state index contributed by atoms with van der Waals surface area (Å²) in [7, 11) is 0. The van der Waals surface area contributed by atoms with Gasteiger partial charge in [0.25, 0.3) is 0 Å². The Morgan fingerprint density at radius 1 is 0.477 bits per heavy atom. The van der Waals surface area contributed by atoms with Crippen molar-refractivity contribution in [3.8, 4) is 22.3 Å². The quantitative estimate of drug-likeness (QED) is 0.209. The second-order valence-electron chi connectivity index (χ2n) is 11.9. The highest BCUT2D eigenvalue weighted by Crippen LogP contribution is 2.47. The Kier molecular flexibility index (Phi) is 4.86. The Labute approximate surface area is 253 Å². The number of para-hydroxylation sites is 1. The molecule has 44 heavy (non-hydrogen) atoms. The van der Waals surface area contributed by atoms with Crippen molar-refractivity contribution in [3.05, 3.63) is 139 Å². The van der Waals surface area contributed by atoms with Gasteiger partial charge in [-0.3, -0.25) is 0 Å². The zero-order valence-corrected chi connectivity index (χ0v) is 23.9. The summed E-state index contributed by atoms with van der Waals surface area (Å²) in [5, 5.41) is 9.52. The van der Waals surface area contributed by atoms with Crippen LogP contribution in [0.2, 0.25) is 0 Å². The highest BCUT2D eigenvalue weighted by molar-refractivity contribution is 6.20. The molecule has 0 amide bonds. The van der Waals surface area contributed by atoms with Gasteiger partial charge in [0.05, 0.1) is 0 Å².